The number of nitrogens with zero attached hydrogens (tertiary/aromatic N) is 3. The van der Waals surface area contributed by atoms with E-state index in [4.69, 9.17) is 9.26 Å². The molecule has 1 amide bonds. The van der Waals surface area contributed by atoms with Gasteiger partial charge in [0.25, 0.3) is 5.91 Å². The third kappa shape index (κ3) is 5.01. The third-order valence-corrected chi connectivity index (χ3v) is 6.42. The number of hydrogen-bond acceptors (Lipinski definition) is 5. The van der Waals surface area contributed by atoms with Gasteiger partial charge in [-0.3, -0.25) is 9.48 Å². The van der Waals surface area contributed by atoms with E-state index in [0.717, 1.165) is 33.6 Å². The van der Waals surface area contributed by atoms with Crippen molar-refractivity contribution in [2.75, 3.05) is 5.32 Å². The molecule has 176 valence electrons. The molecule has 0 spiro atoms. The monoisotopic (exact) mass is 530 g/mol. The fraction of sp³-hybridized carbons (Fsp3) is 0.208. The van der Waals surface area contributed by atoms with Gasteiger partial charge >= 0.3 is 0 Å². The summed E-state index contributed by atoms with van der Waals surface area (Å²) in [4.78, 5) is 12.9. The molecule has 1 N–H and O–H groups in total. The highest BCUT2D eigenvalue weighted by Gasteiger charge is 2.21. The predicted molar refractivity (Wildman–Crippen MR) is 125 cm³/mol. The number of benzene rings is 2. The zero-order valence-electron chi connectivity index (χ0n) is 18.7. The molecule has 0 saturated carbocycles. The molecule has 0 unspecified atom stereocenters. The second-order valence-electron chi connectivity index (χ2n) is 7.73. The smallest absolute Gasteiger partial charge is 0.278 e. The highest BCUT2D eigenvalue weighted by molar-refractivity contribution is 9.10. The van der Waals surface area contributed by atoms with Gasteiger partial charge in [-0.2, -0.15) is 5.10 Å². The molecular formula is C24H21BrF2N4O3. The van der Waals surface area contributed by atoms with Crippen LogP contribution in [0.4, 0.5) is 14.5 Å². The molecule has 0 atom stereocenters. The predicted octanol–water partition coefficient (Wildman–Crippen LogP) is 5.72. The molecular weight excluding hydrogens is 510 g/mol. The normalized spacial score (nSPS) is 11.0. The summed E-state index contributed by atoms with van der Waals surface area (Å²) in [6.45, 7) is 5.89. The van der Waals surface area contributed by atoms with Crippen LogP contribution < -0.4 is 10.1 Å². The second-order valence-corrected chi connectivity index (χ2v) is 8.52. The van der Waals surface area contributed by atoms with Gasteiger partial charge in [0, 0.05) is 11.8 Å². The maximum atomic E-state index is 13.9. The summed E-state index contributed by atoms with van der Waals surface area (Å²) < 4.78 is 40.4. The van der Waals surface area contributed by atoms with E-state index in [-0.39, 0.29) is 18.1 Å². The van der Waals surface area contributed by atoms with Crippen molar-refractivity contribution in [2.45, 2.75) is 33.9 Å². The molecule has 4 aromatic rings. The van der Waals surface area contributed by atoms with E-state index in [0.29, 0.717) is 23.6 Å². The largest absolute Gasteiger partial charge is 0.486 e. The first-order valence-electron chi connectivity index (χ1n) is 10.4. The standard InChI is InChI=1S/C24H21BrF2N4O3/c1-13-22(25)14(2)31(29-13)11-16-5-4-6-18(9-16)28-24(32)23-19(15(3)34-30-23)12-33-21-8-7-17(26)10-20(21)27/h4-10H,11-12H2,1-3H3,(H,28,32). The first-order chi connectivity index (χ1) is 16.2. The van der Waals surface area contributed by atoms with Crippen LogP contribution in [0.1, 0.15) is 38.8 Å². The molecule has 0 aliphatic carbocycles. The Labute approximate surface area is 202 Å². The van der Waals surface area contributed by atoms with Crippen molar-refractivity contribution in [3.63, 3.8) is 0 Å². The molecule has 2 aromatic heterocycles. The van der Waals surface area contributed by atoms with Gasteiger partial charge in [0.1, 0.15) is 18.2 Å². The summed E-state index contributed by atoms with van der Waals surface area (Å²) in [6.07, 6.45) is 0. The van der Waals surface area contributed by atoms with Gasteiger partial charge in [0.2, 0.25) is 0 Å². The number of halogens is 3. The molecule has 0 aliphatic rings. The van der Waals surface area contributed by atoms with Crippen LogP contribution in [0.5, 0.6) is 5.75 Å². The average molecular weight is 531 g/mol. The van der Waals surface area contributed by atoms with Gasteiger partial charge in [-0.15, -0.1) is 0 Å². The van der Waals surface area contributed by atoms with Gasteiger partial charge in [-0.25, -0.2) is 8.78 Å². The van der Waals surface area contributed by atoms with Crippen molar-refractivity contribution >= 4 is 27.5 Å². The van der Waals surface area contributed by atoms with Gasteiger partial charge in [-0.05, 0) is 66.5 Å². The van der Waals surface area contributed by atoms with E-state index in [2.05, 4.69) is 31.5 Å². The maximum Gasteiger partial charge on any atom is 0.278 e. The number of carbonyl (C=O) groups excluding carboxylic acids is 1. The van der Waals surface area contributed by atoms with E-state index < -0.39 is 17.5 Å². The minimum Gasteiger partial charge on any atom is -0.486 e. The molecule has 0 fully saturated rings. The summed E-state index contributed by atoms with van der Waals surface area (Å²) in [5.74, 6) is -1.83. The van der Waals surface area contributed by atoms with E-state index in [1.165, 1.54) is 6.07 Å². The number of ether oxygens (including phenoxy) is 1. The van der Waals surface area contributed by atoms with Gasteiger partial charge in [0.05, 0.1) is 28.0 Å². The van der Waals surface area contributed by atoms with Crippen LogP contribution in [0.3, 0.4) is 0 Å². The summed E-state index contributed by atoms with van der Waals surface area (Å²) in [7, 11) is 0. The number of aryl methyl sites for hydroxylation is 2. The zero-order valence-corrected chi connectivity index (χ0v) is 20.2. The molecule has 2 heterocycles. The molecule has 10 heteroatoms. The van der Waals surface area contributed by atoms with Crippen LogP contribution in [0.25, 0.3) is 0 Å². The summed E-state index contributed by atoms with van der Waals surface area (Å²) >= 11 is 3.53. The van der Waals surface area contributed by atoms with Crippen molar-refractivity contribution in [1.82, 2.24) is 14.9 Å². The summed E-state index contributed by atoms with van der Waals surface area (Å²) in [5, 5.41) is 11.2. The van der Waals surface area contributed by atoms with E-state index in [1.54, 1.807) is 13.0 Å². The average Bonchev–Trinajstić information content (AvgIpc) is 3.28. The van der Waals surface area contributed by atoms with Crippen LogP contribution in [-0.4, -0.2) is 20.8 Å². The fourth-order valence-corrected chi connectivity index (χ4v) is 3.71. The molecule has 0 bridgehead atoms. The zero-order chi connectivity index (χ0) is 24.4. The van der Waals surface area contributed by atoms with Gasteiger partial charge in [-0.1, -0.05) is 17.3 Å². The molecule has 7 nitrogen and oxygen atoms in total. The lowest BCUT2D eigenvalue weighted by molar-refractivity contribution is 0.101. The first kappa shape index (κ1) is 23.6. The first-order valence-corrected chi connectivity index (χ1v) is 11.1. The van der Waals surface area contributed by atoms with Crippen molar-refractivity contribution < 1.29 is 22.8 Å². The lowest BCUT2D eigenvalue weighted by Crippen LogP contribution is -2.16. The Morgan fingerprint density at radius 2 is 1.97 bits per heavy atom. The highest BCUT2D eigenvalue weighted by Crippen LogP contribution is 2.23. The SMILES string of the molecule is Cc1nn(Cc2cccc(NC(=O)c3noc(C)c3COc3ccc(F)cc3F)c2)c(C)c1Br. The van der Waals surface area contributed by atoms with Crippen molar-refractivity contribution in [3.8, 4) is 5.75 Å². The maximum absolute atomic E-state index is 13.9. The summed E-state index contributed by atoms with van der Waals surface area (Å²) in [6, 6.07) is 10.4. The Kier molecular flexibility index (Phi) is 6.78. The van der Waals surface area contributed by atoms with Crippen LogP contribution in [0.2, 0.25) is 0 Å². The fourth-order valence-electron chi connectivity index (χ4n) is 3.42. The molecule has 4 rings (SSSR count). The van der Waals surface area contributed by atoms with Crippen LogP contribution >= 0.6 is 15.9 Å². The van der Waals surface area contributed by atoms with Gasteiger partial charge in [0.15, 0.2) is 17.3 Å². The number of aromatic nitrogens is 3. The Hall–Kier alpha value is -3.53. The lowest BCUT2D eigenvalue weighted by Gasteiger charge is -2.10. The Morgan fingerprint density at radius 1 is 1.18 bits per heavy atom. The number of rotatable bonds is 7. The number of nitrogens with one attached hydrogen (secondary N) is 1. The summed E-state index contributed by atoms with van der Waals surface area (Å²) in [5.41, 5.74) is 3.81. The molecule has 0 radical (unpaired) electrons. The molecule has 2 aromatic carbocycles. The molecule has 0 saturated heterocycles. The van der Waals surface area contributed by atoms with Crippen LogP contribution in [0.15, 0.2) is 51.5 Å². The minimum atomic E-state index is -0.841. The van der Waals surface area contributed by atoms with Crippen LogP contribution in [0, 0.1) is 32.4 Å². The number of hydrogen-bond donors (Lipinski definition) is 1. The molecule has 34 heavy (non-hydrogen) atoms. The lowest BCUT2D eigenvalue weighted by atomic mass is 10.1. The Balaban J connectivity index is 1.48. The Bertz CT molecular complexity index is 1370. The van der Waals surface area contributed by atoms with Gasteiger partial charge < -0.3 is 14.6 Å². The number of amides is 1. The van der Waals surface area contributed by atoms with Crippen LogP contribution in [-0.2, 0) is 13.2 Å². The number of carbonyl (C=O) groups is 1. The van der Waals surface area contributed by atoms with E-state index in [9.17, 15) is 13.6 Å². The van der Waals surface area contributed by atoms with Crippen molar-refractivity contribution in [2.24, 2.45) is 0 Å². The van der Waals surface area contributed by atoms with Crippen molar-refractivity contribution in [1.29, 1.82) is 0 Å². The number of anilines is 1. The van der Waals surface area contributed by atoms with E-state index in [1.807, 2.05) is 36.7 Å². The highest BCUT2D eigenvalue weighted by atomic mass is 79.9. The second kappa shape index (κ2) is 9.76. The minimum absolute atomic E-state index is 0.0212. The van der Waals surface area contributed by atoms with Crippen molar-refractivity contribution in [3.05, 3.63) is 92.5 Å². The quantitative estimate of drug-likeness (QED) is 0.330. The molecule has 0 aliphatic heterocycles. The van der Waals surface area contributed by atoms with E-state index >= 15 is 0 Å². The third-order valence-electron chi connectivity index (χ3n) is 5.28. The topological polar surface area (TPSA) is 82.2 Å². The Morgan fingerprint density at radius 3 is 2.68 bits per heavy atom.